The number of nitrogens with zero attached hydrogens (tertiary/aromatic N) is 5. The summed E-state index contributed by atoms with van der Waals surface area (Å²) in [5, 5.41) is 5.79. The quantitative estimate of drug-likeness (QED) is 0.345. The highest BCUT2D eigenvalue weighted by atomic mass is 32.2. The highest BCUT2D eigenvalue weighted by Gasteiger charge is 2.51. The molecule has 1 fully saturated rings. The van der Waals surface area contributed by atoms with Crippen LogP contribution in [0.1, 0.15) is 25.0 Å². The molecule has 1 unspecified atom stereocenters. The Labute approximate surface area is 236 Å². The van der Waals surface area contributed by atoms with Crippen LogP contribution < -0.4 is 9.68 Å². The van der Waals surface area contributed by atoms with E-state index < -0.39 is 22.8 Å². The number of hydrogen-bond donors (Lipinski definition) is 0. The average Bonchev–Trinajstić information content (AvgIpc) is 3.41. The van der Waals surface area contributed by atoms with Gasteiger partial charge in [0.25, 0.3) is 10.0 Å². The van der Waals surface area contributed by atoms with Crippen LogP contribution in [-0.4, -0.2) is 52.7 Å². The Bertz CT molecular complexity index is 1660. The highest BCUT2D eigenvalue weighted by molar-refractivity contribution is 7.95. The summed E-state index contributed by atoms with van der Waals surface area (Å²) in [5.41, 5.74) is 4.68. The molecule has 0 aliphatic carbocycles. The van der Waals surface area contributed by atoms with Crippen LogP contribution in [0.15, 0.2) is 104 Å². The predicted octanol–water partition coefficient (Wildman–Crippen LogP) is 6.19. The van der Waals surface area contributed by atoms with Gasteiger partial charge in [-0.25, -0.2) is 9.45 Å². The molecular weight excluding hydrogens is 541 g/mol. The summed E-state index contributed by atoms with van der Waals surface area (Å²) in [6.07, 6.45) is 1.85. The topological polar surface area (TPSA) is 77.8 Å². The minimum absolute atomic E-state index is 0.178. The van der Waals surface area contributed by atoms with Crippen molar-refractivity contribution in [2.75, 3.05) is 43.0 Å². The molecule has 10 heteroatoms. The number of para-hydroxylation sites is 2. The molecule has 1 saturated heterocycles. The fourth-order valence-electron chi connectivity index (χ4n) is 5.95. The molecule has 208 valence electrons. The number of rotatable bonds is 4. The van der Waals surface area contributed by atoms with E-state index in [-0.39, 0.29) is 4.90 Å². The smallest absolute Gasteiger partial charge is 0.284 e. The maximum Gasteiger partial charge on any atom is 0.284 e. The van der Waals surface area contributed by atoms with Crippen molar-refractivity contribution in [2.24, 2.45) is 9.25 Å². The highest BCUT2D eigenvalue weighted by Crippen LogP contribution is 2.70. The van der Waals surface area contributed by atoms with Crippen molar-refractivity contribution >= 4 is 35.0 Å². The average molecular weight is 576 g/mol. The van der Waals surface area contributed by atoms with Crippen molar-refractivity contribution in [3.05, 3.63) is 101 Å². The van der Waals surface area contributed by atoms with Gasteiger partial charge in [0.05, 0.1) is 35.3 Å². The molecule has 3 aliphatic heterocycles. The first-order chi connectivity index (χ1) is 19.2. The maximum absolute atomic E-state index is 14.2. The molecule has 40 heavy (non-hydrogen) atoms. The third kappa shape index (κ3) is 4.23. The first-order valence-corrected chi connectivity index (χ1v) is 16.5. The second-order valence-electron chi connectivity index (χ2n) is 10.8. The monoisotopic (exact) mass is 575 g/mol. The number of sulfonamides is 1. The van der Waals surface area contributed by atoms with E-state index in [0.29, 0.717) is 26.3 Å². The fraction of sp³-hybridized carbons (Fsp3) is 0.300. The lowest BCUT2D eigenvalue weighted by molar-refractivity contribution is 0.0743. The van der Waals surface area contributed by atoms with Crippen molar-refractivity contribution < 1.29 is 13.2 Å². The molecule has 6 rings (SSSR count). The Morgan fingerprint density at radius 1 is 0.925 bits per heavy atom. The van der Waals surface area contributed by atoms with E-state index in [2.05, 4.69) is 48.7 Å². The van der Waals surface area contributed by atoms with Gasteiger partial charge in [0.2, 0.25) is 0 Å². The van der Waals surface area contributed by atoms with Gasteiger partial charge in [-0.2, -0.15) is 13.5 Å². The number of hydrogen-bond acceptors (Lipinski definition) is 5. The molecule has 0 radical (unpaired) electrons. The summed E-state index contributed by atoms with van der Waals surface area (Å²) in [6, 6.07) is 25.0. The van der Waals surface area contributed by atoms with Gasteiger partial charge in [-0.3, -0.25) is 0 Å². The van der Waals surface area contributed by atoms with E-state index in [1.165, 1.54) is 5.56 Å². The summed E-state index contributed by atoms with van der Waals surface area (Å²) >= 11 is 0. The number of hydrazone groups is 1. The van der Waals surface area contributed by atoms with Crippen LogP contribution in [0.3, 0.4) is 0 Å². The van der Waals surface area contributed by atoms with E-state index in [1.807, 2.05) is 66.4 Å². The van der Waals surface area contributed by atoms with Crippen LogP contribution in [-0.2, 0) is 20.2 Å². The van der Waals surface area contributed by atoms with Gasteiger partial charge >= 0.3 is 0 Å². The predicted molar refractivity (Wildman–Crippen MR) is 162 cm³/mol. The number of anilines is 2. The normalized spacial score (nSPS) is 24.4. The zero-order valence-electron chi connectivity index (χ0n) is 23.2. The minimum atomic E-state index is -4.08. The van der Waals surface area contributed by atoms with Gasteiger partial charge in [-0.15, -0.1) is 4.15 Å². The van der Waals surface area contributed by atoms with Gasteiger partial charge in [0.15, 0.2) is 7.36 Å². The van der Waals surface area contributed by atoms with Gasteiger partial charge in [0, 0.05) is 36.9 Å². The lowest BCUT2D eigenvalue weighted by atomic mass is 9.84. The Morgan fingerprint density at radius 2 is 1.57 bits per heavy atom. The van der Waals surface area contributed by atoms with Crippen molar-refractivity contribution in [1.29, 1.82) is 0 Å². The molecule has 0 N–H and O–H groups in total. The van der Waals surface area contributed by atoms with Crippen LogP contribution in [0.5, 0.6) is 0 Å². The Morgan fingerprint density at radius 3 is 2.25 bits per heavy atom. The zero-order valence-corrected chi connectivity index (χ0v) is 24.9. The zero-order chi connectivity index (χ0) is 28.1. The number of fused-ring (bicyclic) bond motifs is 1. The third-order valence-corrected chi connectivity index (χ3v) is 13.6. The van der Waals surface area contributed by atoms with Crippen molar-refractivity contribution in [3.8, 4) is 0 Å². The molecule has 0 aromatic heterocycles. The molecule has 3 aromatic rings. The Kier molecular flexibility index (Phi) is 6.74. The van der Waals surface area contributed by atoms with E-state index in [9.17, 15) is 8.42 Å². The number of morpholine rings is 1. The molecule has 0 bridgehead atoms. The Hall–Kier alpha value is -3.23. The van der Waals surface area contributed by atoms with E-state index >= 15 is 0 Å². The standard InChI is InChI=1S/C30H34N5O3PS/c1-23-14-16-25(17-15-23)40(36,37)32-39(34-18-20-38-21-19-34)28(22-31-35(39)24-10-6-5-7-11-24)29-30(2,3)26-12-8-9-13-27(26)33(29)4/h5-17,22H,18-21H2,1-4H3/b29-28-. The molecule has 3 heterocycles. The lowest BCUT2D eigenvalue weighted by Gasteiger charge is -2.42. The van der Waals surface area contributed by atoms with Crippen molar-refractivity contribution in [1.82, 2.24) is 4.67 Å². The molecule has 0 amide bonds. The fourth-order valence-corrected chi connectivity index (χ4v) is 12.1. The molecule has 3 aromatic carbocycles. The minimum Gasteiger partial charge on any atom is -0.379 e. The first kappa shape index (κ1) is 27.0. The van der Waals surface area contributed by atoms with E-state index in [0.717, 1.165) is 27.9 Å². The largest absolute Gasteiger partial charge is 0.379 e. The van der Waals surface area contributed by atoms with Crippen LogP contribution in [0.2, 0.25) is 0 Å². The molecular formula is C30H34N5O3PS. The van der Waals surface area contributed by atoms with Gasteiger partial charge in [-0.1, -0.05) is 67.9 Å². The van der Waals surface area contributed by atoms with E-state index in [1.54, 1.807) is 12.1 Å². The summed E-state index contributed by atoms with van der Waals surface area (Å²) in [7, 11) is -5.24. The molecule has 8 nitrogen and oxygen atoms in total. The maximum atomic E-state index is 14.2. The summed E-state index contributed by atoms with van der Waals surface area (Å²) < 4.78 is 43.3. The second-order valence-corrected chi connectivity index (χ2v) is 15.4. The number of aryl methyl sites for hydroxylation is 1. The number of ether oxygens (including phenoxy) is 1. The van der Waals surface area contributed by atoms with Gasteiger partial charge in [-0.05, 0) is 42.8 Å². The van der Waals surface area contributed by atoms with Crippen LogP contribution >= 0.6 is 7.36 Å². The summed E-state index contributed by atoms with van der Waals surface area (Å²) in [5.74, 6) is 0. The molecule has 1 atom stereocenters. The van der Waals surface area contributed by atoms with E-state index in [4.69, 9.17) is 14.0 Å². The second kappa shape index (κ2) is 10.00. The van der Waals surface area contributed by atoms with Gasteiger partial charge in [0.1, 0.15) is 0 Å². The molecule has 0 spiro atoms. The van der Waals surface area contributed by atoms with Crippen LogP contribution in [0, 0.1) is 6.92 Å². The number of allylic oxidation sites excluding steroid dienone is 2. The van der Waals surface area contributed by atoms with Crippen LogP contribution in [0.25, 0.3) is 0 Å². The first-order valence-electron chi connectivity index (χ1n) is 13.4. The van der Waals surface area contributed by atoms with Crippen LogP contribution in [0.4, 0.5) is 11.4 Å². The number of likely N-dealkylation sites (N-methyl/N-ethyl adjacent to an activating group) is 1. The molecule has 0 saturated carbocycles. The summed E-state index contributed by atoms with van der Waals surface area (Å²) in [6.45, 7) is 8.40. The molecule has 3 aliphatic rings. The van der Waals surface area contributed by atoms with Crippen molar-refractivity contribution in [3.63, 3.8) is 0 Å². The SMILES string of the molecule is Cc1ccc(S(=O)(=O)N=P2(N3CCOCC3)/C(=C3\N(C)c4ccccc4C3(C)C)C=NN2c2ccccc2)cc1. The van der Waals surface area contributed by atoms with Gasteiger partial charge < -0.3 is 9.64 Å². The third-order valence-electron chi connectivity index (χ3n) is 7.89. The lowest BCUT2D eigenvalue weighted by Crippen LogP contribution is -2.38. The summed E-state index contributed by atoms with van der Waals surface area (Å²) in [4.78, 5) is 2.37. The van der Waals surface area contributed by atoms with Crippen molar-refractivity contribution in [2.45, 2.75) is 31.1 Å². The Balaban J connectivity index is 1.70. The number of benzene rings is 3.